The monoisotopic (exact) mass is 621 g/mol. The van der Waals surface area contributed by atoms with E-state index in [4.69, 9.17) is 21.1 Å². The van der Waals surface area contributed by atoms with Crippen molar-refractivity contribution in [3.05, 3.63) is 59.7 Å². The van der Waals surface area contributed by atoms with Crippen molar-refractivity contribution >= 4 is 51.0 Å². The average molecular weight is 622 g/mol. The normalized spacial score (nSPS) is 16.4. The zero-order valence-corrected chi connectivity index (χ0v) is 26.2. The van der Waals surface area contributed by atoms with E-state index in [1.165, 1.54) is 22.8 Å². The highest BCUT2D eigenvalue weighted by molar-refractivity contribution is 8.13. The molecule has 1 saturated carbocycles. The molecule has 10 nitrogen and oxygen atoms in total. The number of carbonyl (C=O) groups excluding carboxylic acids is 3. The maximum absolute atomic E-state index is 13.4. The number of hydrogen-bond donors (Lipinski definition) is 3. The lowest BCUT2D eigenvalue weighted by molar-refractivity contribution is -0.127. The third-order valence-corrected chi connectivity index (χ3v) is 9.22. The van der Waals surface area contributed by atoms with Gasteiger partial charge in [0.15, 0.2) is 6.61 Å². The fraction of sp³-hybridized carbons (Fsp3) is 0.424. The summed E-state index contributed by atoms with van der Waals surface area (Å²) in [6.45, 7) is 0.339. The first-order valence-corrected chi connectivity index (χ1v) is 16.1. The molecule has 1 saturated heterocycles. The molecule has 0 radical (unpaired) electrons. The molecule has 5 rings (SSSR count). The van der Waals surface area contributed by atoms with Crippen LogP contribution in [0, 0.1) is 0 Å². The van der Waals surface area contributed by atoms with Crippen LogP contribution in [0.15, 0.2) is 48.5 Å². The maximum atomic E-state index is 13.4. The van der Waals surface area contributed by atoms with Gasteiger partial charge < -0.3 is 25.5 Å². The van der Waals surface area contributed by atoms with E-state index in [1.54, 1.807) is 20.2 Å². The Morgan fingerprint density at radius 1 is 1.07 bits per heavy atom. The summed E-state index contributed by atoms with van der Waals surface area (Å²) < 4.78 is 11.5. The highest BCUT2D eigenvalue weighted by Gasteiger charge is 2.31. The van der Waals surface area contributed by atoms with Crippen LogP contribution in [0.2, 0.25) is 0 Å². The first kappa shape index (κ1) is 31.5. The van der Waals surface area contributed by atoms with Gasteiger partial charge in [-0.1, -0.05) is 61.7 Å². The molecule has 3 aromatic rings. The molecule has 44 heavy (non-hydrogen) atoms. The molecule has 3 amide bonds. The predicted octanol–water partition coefficient (Wildman–Crippen LogP) is 5.42. The summed E-state index contributed by atoms with van der Waals surface area (Å²) in [6.07, 6.45) is 6.84. The molecule has 1 unspecified atom stereocenters. The Morgan fingerprint density at radius 3 is 2.50 bits per heavy atom. The van der Waals surface area contributed by atoms with Crippen molar-refractivity contribution in [1.29, 1.82) is 0 Å². The summed E-state index contributed by atoms with van der Waals surface area (Å²) >= 11 is 1.15. The van der Waals surface area contributed by atoms with E-state index < -0.39 is 5.92 Å². The second-order valence-electron chi connectivity index (χ2n) is 11.5. The first-order chi connectivity index (χ1) is 21.2. The van der Waals surface area contributed by atoms with Crippen molar-refractivity contribution in [2.45, 2.75) is 56.9 Å². The molecule has 1 heterocycles. The van der Waals surface area contributed by atoms with E-state index >= 15 is 0 Å². The van der Waals surface area contributed by atoms with Crippen LogP contribution in [-0.2, 0) is 9.59 Å². The lowest BCUT2D eigenvalue weighted by Gasteiger charge is -2.24. The molecule has 236 valence electrons. The number of ether oxygens (including phenoxy) is 2. The number of imide groups is 1. The van der Waals surface area contributed by atoms with Crippen molar-refractivity contribution in [3.8, 4) is 11.5 Å². The number of fused-ring (bicyclic) bond motifs is 1. The van der Waals surface area contributed by atoms with Crippen LogP contribution in [-0.4, -0.2) is 61.1 Å². The number of nitrogens with one attached hydrogen (secondary N) is 1. The summed E-state index contributed by atoms with van der Waals surface area (Å²) in [5.41, 5.74) is 9.00. The molecule has 5 N–H and O–H groups in total. The van der Waals surface area contributed by atoms with Crippen LogP contribution >= 0.6 is 11.8 Å². The van der Waals surface area contributed by atoms with E-state index in [0.29, 0.717) is 35.2 Å². The minimum absolute atomic E-state index is 0. The molecule has 0 aromatic heterocycles. The Balaban J connectivity index is 0.00000461. The Hall–Kier alpha value is -3.96. The average Bonchev–Trinajstić information content (AvgIpc) is 3.28. The number of methoxy groups -OCH3 is 1. The topological polar surface area (TPSA) is 140 Å². The number of benzene rings is 3. The van der Waals surface area contributed by atoms with Crippen LogP contribution in [0.25, 0.3) is 10.8 Å². The number of amides is 3. The molecule has 2 aliphatic rings. The molecule has 1 aliphatic carbocycles. The van der Waals surface area contributed by atoms with E-state index in [2.05, 4.69) is 5.32 Å². The Labute approximate surface area is 263 Å². The second kappa shape index (κ2) is 14.2. The number of hydrazine groups is 1. The summed E-state index contributed by atoms with van der Waals surface area (Å²) in [7, 11) is 3.22. The van der Waals surface area contributed by atoms with Crippen LogP contribution in [0.1, 0.15) is 63.4 Å². The molecule has 3 aromatic carbocycles. The molecule has 0 spiro atoms. The van der Waals surface area contributed by atoms with Gasteiger partial charge in [-0.15, -0.1) is 0 Å². The summed E-state index contributed by atoms with van der Waals surface area (Å²) in [6, 6.07) is 15.5. The zero-order valence-electron chi connectivity index (χ0n) is 25.3. The lowest BCUT2D eigenvalue weighted by Crippen LogP contribution is -2.37. The van der Waals surface area contributed by atoms with Crippen LogP contribution in [0.3, 0.4) is 0 Å². The lowest BCUT2D eigenvalue weighted by atomic mass is 9.86. The van der Waals surface area contributed by atoms with Crippen molar-refractivity contribution in [2.24, 2.45) is 5.84 Å². The molecule has 11 heteroatoms. The smallest absolute Gasteiger partial charge is 0.288 e. The van der Waals surface area contributed by atoms with Gasteiger partial charge in [0.2, 0.25) is 5.91 Å². The largest absolute Gasteiger partial charge is 0.494 e. The number of anilines is 2. The van der Waals surface area contributed by atoms with E-state index in [1.807, 2.05) is 42.5 Å². The van der Waals surface area contributed by atoms with Crippen molar-refractivity contribution in [2.75, 3.05) is 43.8 Å². The fourth-order valence-electron chi connectivity index (χ4n) is 6.11. The van der Waals surface area contributed by atoms with Crippen LogP contribution in [0.4, 0.5) is 16.2 Å². The Morgan fingerprint density at radius 2 is 1.82 bits per heavy atom. The highest BCUT2D eigenvalue weighted by Crippen LogP contribution is 2.40. The van der Waals surface area contributed by atoms with Crippen LogP contribution in [0.5, 0.6) is 11.5 Å². The van der Waals surface area contributed by atoms with Gasteiger partial charge in [-0.25, -0.2) is 5.84 Å². The Bertz CT molecular complexity index is 1530. The van der Waals surface area contributed by atoms with Gasteiger partial charge in [0.1, 0.15) is 17.2 Å². The van der Waals surface area contributed by atoms with Gasteiger partial charge in [0.05, 0.1) is 12.8 Å². The molecule has 1 aliphatic heterocycles. The summed E-state index contributed by atoms with van der Waals surface area (Å²) in [5, 5.41) is 6.17. The standard InChI is InChI=1S/C33H41N5O5S.H2/c1-37(35)32-28(34)17-24(18-29(32)42-2)27(19-31(40)38-13-14-44-33(38)41)22-10-9-21-11-12-26(16-23(21)15-22)43-20-30(39)36-25-7-5-3-4-6-8-25;/h9-12,15-18,25,27H,3-8,13-14,19-20,34-35H2,1-2H3,(H,36,39);1H. The third-order valence-electron chi connectivity index (χ3n) is 8.37. The van der Waals surface area contributed by atoms with Gasteiger partial charge >= 0.3 is 0 Å². The minimum Gasteiger partial charge on any atom is -0.494 e. The van der Waals surface area contributed by atoms with Gasteiger partial charge in [-0.3, -0.25) is 19.3 Å². The number of nitrogen functional groups attached to an aromatic ring is 1. The number of thioether (sulfide) groups is 1. The van der Waals surface area contributed by atoms with Crippen molar-refractivity contribution < 1.29 is 25.3 Å². The highest BCUT2D eigenvalue weighted by atomic mass is 32.2. The molecule has 1 atom stereocenters. The number of nitrogens with zero attached hydrogens (tertiary/aromatic N) is 2. The van der Waals surface area contributed by atoms with Crippen LogP contribution < -0.4 is 31.4 Å². The summed E-state index contributed by atoms with van der Waals surface area (Å²) in [4.78, 5) is 39.7. The van der Waals surface area contributed by atoms with Gasteiger partial charge in [-0.05, 0) is 59.0 Å². The van der Waals surface area contributed by atoms with Gasteiger partial charge in [-0.2, -0.15) is 0 Å². The number of nitrogens with two attached hydrogens (primary N) is 2. The van der Waals surface area contributed by atoms with Crippen molar-refractivity contribution in [3.63, 3.8) is 0 Å². The van der Waals surface area contributed by atoms with Gasteiger partial charge in [0, 0.05) is 39.2 Å². The zero-order chi connectivity index (χ0) is 31.2. The summed E-state index contributed by atoms with van der Waals surface area (Å²) in [5.74, 6) is 6.88. The number of rotatable bonds is 10. The molecular weight excluding hydrogens is 578 g/mol. The van der Waals surface area contributed by atoms with E-state index in [9.17, 15) is 14.4 Å². The molecular formula is C33H43N5O5S. The molecule has 0 bridgehead atoms. The Kier molecular flexibility index (Phi) is 10.2. The first-order valence-electron chi connectivity index (χ1n) is 15.1. The number of carbonyl (C=O) groups is 3. The van der Waals surface area contributed by atoms with E-state index in [-0.39, 0.29) is 37.5 Å². The minimum atomic E-state index is -0.423. The second-order valence-corrected chi connectivity index (χ2v) is 12.5. The van der Waals surface area contributed by atoms with Gasteiger partial charge in [0.25, 0.3) is 11.1 Å². The molecule has 2 fully saturated rings. The SMILES string of the molecule is COc1cc(C(CC(=O)N2CCSC2=O)c2ccc3ccc(OCC(=O)NC4CCCCCC4)cc3c2)cc(N)c1N(C)N.[HH]. The van der Waals surface area contributed by atoms with E-state index in [0.717, 1.165) is 59.3 Å². The maximum Gasteiger partial charge on any atom is 0.288 e. The predicted molar refractivity (Wildman–Crippen MR) is 177 cm³/mol. The van der Waals surface area contributed by atoms with Crippen molar-refractivity contribution in [1.82, 2.24) is 10.2 Å². The third kappa shape index (κ3) is 7.39. The fourth-order valence-corrected chi connectivity index (χ4v) is 6.91. The number of hydrogen-bond acceptors (Lipinski definition) is 9. The quantitative estimate of drug-likeness (QED) is 0.117.